The van der Waals surface area contributed by atoms with Crippen molar-refractivity contribution in [3.63, 3.8) is 0 Å². The summed E-state index contributed by atoms with van der Waals surface area (Å²) in [5.41, 5.74) is 4.07. The van der Waals surface area contributed by atoms with E-state index in [4.69, 9.17) is 21.7 Å². The molecule has 2 aromatic heterocycles. The number of rotatable bonds is 7. The van der Waals surface area contributed by atoms with E-state index in [1.54, 1.807) is 7.11 Å². The highest BCUT2D eigenvalue weighted by Crippen LogP contribution is 2.42. The maximum Gasteiger partial charge on any atom is 0.174 e. The van der Waals surface area contributed by atoms with Crippen molar-refractivity contribution in [2.45, 2.75) is 19.0 Å². The Morgan fingerprint density at radius 3 is 2.32 bits per heavy atom. The van der Waals surface area contributed by atoms with Gasteiger partial charge in [-0.15, -0.1) is 0 Å². The Bertz CT molecular complexity index is 1260. The molecule has 34 heavy (non-hydrogen) atoms. The lowest BCUT2D eigenvalue weighted by Crippen LogP contribution is -2.30. The van der Waals surface area contributed by atoms with Crippen molar-refractivity contribution < 1.29 is 9.47 Å². The lowest BCUT2D eigenvalue weighted by atomic mass is 10.0. The van der Waals surface area contributed by atoms with Crippen molar-refractivity contribution in [3.8, 4) is 17.2 Å². The molecule has 1 saturated heterocycles. The fourth-order valence-corrected chi connectivity index (χ4v) is 4.76. The minimum absolute atomic E-state index is 0.114. The predicted octanol–water partition coefficient (Wildman–Crippen LogP) is 5.46. The molecule has 3 heterocycles. The van der Waals surface area contributed by atoms with E-state index in [9.17, 15) is 0 Å². The molecule has 4 aromatic rings. The van der Waals surface area contributed by atoms with Crippen LogP contribution in [0.1, 0.15) is 30.4 Å². The van der Waals surface area contributed by atoms with Crippen molar-refractivity contribution >= 4 is 23.0 Å². The number of nitrogens with one attached hydrogen (secondary N) is 1. The molecule has 0 bridgehead atoms. The molecule has 1 aliphatic rings. The van der Waals surface area contributed by atoms with E-state index < -0.39 is 0 Å². The zero-order valence-electron chi connectivity index (χ0n) is 19.1. The number of hydrogen-bond donors (Lipinski definition) is 1. The summed E-state index contributed by atoms with van der Waals surface area (Å²) in [4.78, 5) is 6.81. The molecular weight excluding hydrogens is 444 g/mol. The maximum atomic E-state index is 5.85. The van der Waals surface area contributed by atoms with E-state index in [1.165, 1.54) is 0 Å². The van der Waals surface area contributed by atoms with Crippen LogP contribution in [0.5, 0.6) is 11.5 Å². The Morgan fingerprint density at radius 2 is 1.65 bits per heavy atom. The maximum absolute atomic E-state index is 5.85. The van der Waals surface area contributed by atoms with E-state index in [-0.39, 0.29) is 12.1 Å². The third-order valence-corrected chi connectivity index (χ3v) is 6.27. The quantitative estimate of drug-likeness (QED) is 0.362. The molecule has 6 nitrogen and oxygen atoms in total. The number of methoxy groups -OCH3 is 1. The summed E-state index contributed by atoms with van der Waals surface area (Å²) in [6.07, 6.45) is 3.90. The van der Waals surface area contributed by atoms with E-state index in [0.29, 0.717) is 11.7 Å². The van der Waals surface area contributed by atoms with Crippen molar-refractivity contribution in [1.82, 2.24) is 14.9 Å². The monoisotopic (exact) mass is 470 g/mol. The highest BCUT2D eigenvalue weighted by atomic mass is 32.1. The van der Waals surface area contributed by atoms with Gasteiger partial charge in [0, 0.05) is 29.5 Å². The minimum atomic E-state index is -0.118. The molecule has 172 valence electrons. The van der Waals surface area contributed by atoms with Gasteiger partial charge in [0.1, 0.15) is 17.5 Å². The standard InChI is InChI=1S/C27H26N4O2S/c1-3-33-22-15-9-19(10-16-22)30-18-6-8-24(30)26-25(23-7-4-5-17-28-23)29-27(34)31(26)20-11-13-21(32-2)14-12-20/h4-18,25-26H,3H2,1-2H3,(H,29,34)/t25-,26+/m0/s1. The highest BCUT2D eigenvalue weighted by Gasteiger charge is 2.42. The van der Waals surface area contributed by atoms with Crippen LogP contribution in [0.3, 0.4) is 0 Å². The predicted molar refractivity (Wildman–Crippen MR) is 138 cm³/mol. The van der Waals surface area contributed by atoms with Crippen molar-refractivity contribution in [2.75, 3.05) is 18.6 Å². The molecule has 2 atom stereocenters. The van der Waals surface area contributed by atoms with E-state index >= 15 is 0 Å². The average Bonchev–Trinajstić information content (AvgIpc) is 3.49. The number of aromatic nitrogens is 2. The van der Waals surface area contributed by atoms with Gasteiger partial charge in [-0.05, 0) is 91.9 Å². The van der Waals surface area contributed by atoms with Crippen LogP contribution in [-0.4, -0.2) is 28.4 Å². The topological polar surface area (TPSA) is 51.5 Å². The zero-order chi connectivity index (χ0) is 23.5. The van der Waals surface area contributed by atoms with Crippen molar-refractivity contribution in [1.29, 1.82) is 0 Å². The Balaban J connectivity index is 1.60. The molecule has 2 aromatic carbocycles. The van der Waals surface area contributed by atoms with Gasteiger partial charge in [0.15, 0.2) is 5.11 Å². The normalized spacial score (nSPS) is 17.5. The summed E-state index contributed by atoms with van der Waals surface area (Å²) >= 11 is 5.85. The number of nitrogens with zero attached hydrogens (tertiary/aromatic N) is 3. The van der Waals surface area contributed by atoms with Crippen molar-refractivity contribution in [3.05, 3.63) is 103 Å². The minimum Gasteiger partial charge on any atom is -0.497 e. The first-order valence-corrected chi connectivity index (χ1v) is 11.7. The van der Waals surface area contributed by atoms with Gasteiger partial charge in [0.25, 0.3) is 0 Å². The van der Waals surface area contributed by atoms with Gasteiger partial charge < -0.3 is 24.3 Å². The summed E-state index contributed by atoms with van der Waals surface area (Å²) in [6, 6.07) is 26.1. The summed E-state index contributed by atoms with van der Waals surface area (Å²) in [6.45, 7) is 2.63. The van der Waals surface area contributed by atoms with E-state index in [0.717, 1.165) is 34.3 Å². The summed E-state index contributed by atoms with van der Waals surface area (Å²) in [5, 5.41) is 4.18. The van der Waals surface area contributed by atoms with Gasteiger partial charge in [-0.2, -0.15) is 0 Å². The van der Waals surface area contributed by atoms with Crippen molar-refractivity contribution in [2.24, 2.45) is 0 Å². The van der Waals surface area contributed by atoms with Crippen LogP contribution in [0.15, 0.2) is 91.3 Å². The Morgan fingerprint density at radius 1 is 0.912 bits per heavy atom. The van der Waals surface area contributed by atoms with Gasteiger partial charge in [-0.1, -0.05) is 6.07 Å². The lowest BCUT2D eigenvalue weighted by molar-refractivity contribution is 0.340. The molecule has 0 unspecified atom stereocenters. The van der Waals surface area contributed by atoms with Gasteiger partial charge >= 0.3 is 0 Å². The van der Waals surface area contributed by atoms with E-state index in [2.05, 4.69) is 50.2 Å². The first-order valence-electron chi connectivity index (χ1n) is 11.2. The van der Waals surface area contributed by atoms with Crippen LogP contribution in [-0.2, 0) is 0 Å². The number of benzene rings is 2. The average molecular weight is 471 g/mol. The molecule has 0 radical (unpaired) electrons. The molecule has 0 saturated carbocycles. The molecule has 5 rings (SSSR count). The Hall–Kier alpha value is -3.84. The van der Waals surface area contributed by atoms with Gasteiger partial charge in [0.2, 0.25) is 0 Å². The number of ether oxygens (including phenoxy) is 2. The van der Waals surface area contributed by atoms with Crippen LogP contribution in [0.2, 0.25) is 0 Å². The number of thiocarbonyl (C=S) groups is 1. The molecule has 1 aliphatic heterocycles. The highest BCUT2D eigenvalue weighted by molar-refractivity contribution is 7.80. The second-order valence-corrected chi connectivity index (χ2v) is 8.31. The molecule has 0 aliphatic carbocycles. The second kappa shape index (κ2) is 9.57. The summed E-state index contributed by atoms with van der Waals surface area (Å²) < 4.78 is 13.2. The first-order chi connectivity index (χ1) is 16.7. The number of pyridine rings is 1. The third kappa shape index (κ3) is 4.10. The molecule has 0 spiro atoms. The lowest BCUT2D eigenvalue weighted by Gasteiger charge is -2.29. The zero-order valence-corrected chi connectivity index (χ0v) is 19.9. The van der Waals surface area contributed by atoms with Gasteiger partial charge in [0.05, 0.1) is 25.5 Å². The third-order valence-electron chi connectivity index (χ3n) is 5.96. The smallest absolute Gasteiger partial charge is 0.174 e. The molecule has 1 fully saturated rings. The van der Waals surface area contributed by atoms with Gasteiger partial charge in [-0.25, -0.2) is 0 Å². The molecule has 0 amide bonds. The Labute approximate surface area is 204 Å². The molecular formula is C27H26N4O2S. The van der Waals surface area contributed by atoms with Gasteiger partial charge in [-0.3, -0.25) is 4.98 Å². The molecule has 7 heteroatoms. The molecule has 1 N–H and O–H groups in total. The second-order valence-electron chi connectivity index (χ2n) is 7.92. The SMILES string of the molecule is CCOc1ccc(-n2cccc2[C@@H]2[C@H](c3ccccn3)NC(=S)N2c2ccc(OC)cc2)cc1. The van der Waals surface area contributed by atoms with Crippen LogP contribution in [0.4, 0.5) is 5.69 Å². The largest absolute Gasteiger partial charge is 0.497 e. The Kier molecular flexibility index (Phi) is 6.18. The fourth-order valence-electron chi connectivity index (χ4n) is 4.42. The summed E-state index contributed by atoms with van der Waals surface area (Å²) in [5.74, 6) is 1.66. The van der Waals surface area contributed by atoms with E-state index in [1.807, 2.05) is 67.7 Å². The van der Waals surface area contributed by atoms with Crippen LogP contribution in [0, 0.1) is 0 Å². The fraction of sp³-hybridized carbons (Fsp3) is 0.185. The first kappa shape index (κ1) is 22.0. The summed E-state index contributed by atoms with van der Waals surface area (Å²) in [7, 11) is 1.67. The van der Waals surface area contributed by atoms with Crippen LogP contribution >= 0.6 is 12.2 Å². The number of anilines is 1. The van der Waals surface area contributed by atoms with Crippen LogP contribution < -0.4 is 19.7 Å². The van der Waals surface area contributed by atoms with Crippen LogP contribution in [0.25, 0.3) is 5.69 Å². The number of hydrogen-bond acceptors (Lipinski definition) is 4.